The molecule has 0 heterocycles. The minimum Gasteiger partial charge on any atom is -0.480 e. The highest BCUT2D eigenvalue weighted by atomic mass is 32.1. The highest BCUT2D eigenvalue weighted by Gasteiger charge is 2.26. The van der Waals surface area contributed by atoms with Gasteiger partial charge in [0.2, 0.25) is 23.6 Å². The van der Waals surface area contributed by atoms with Crippen LogP contribution in [-0.4, -0.2) is 71.7 Å². The van der Waals surface area contributed by atoms with Gasteiger partial charge >= 0.3 is 5.97 Å². The van der Waals surface area contributed by atoms with Crippen molar-refractivity contribution in [2.75, 3.05) is 18.8 Å². The number of unbranched alkanes of at least 4 members (excludes halogenated alkanes) is 1. The summed E-state index contributed by atoms with van der Waals surface area (Å²) >= 11 is 3.96. The summed E-state index contributed by atoms with van der Waals surface area (Å²) in [5, 5.41) is 16.0. The van der Waals surface area contributed by atoms with Crippen LogP contribution < -0.4 is 33.2 Å². The first-order chi connectivity index (χ1) is 13.6. The van der Waals surface area contributed by atoms with Gasteiger partial charge in [0.15, 0.2) is 0 Å². The molecule has 13 heteroatoms. The lowest BCUT2D eigenvalue weighted by molar-refractivity contribution is -0.142. The number of carboxylic acids is 1. The maximum atomic E-state index is 12.2. The first kappa shape index (κ1) is 26.6. The van der Waals surface area contributed by atoms with Gasteiger partial charge in [0, 0.05) is 12.2 Å². The fourth-order valence-corrected chi connectivity index (χ4v) is 2.45. The number of rotatable bonds is 15. The standard InChI is InChI=1S/C16H30N6O6S/c17-6-2-1-3-9(18)14(25)20-7-13(24)21-11(8-29)15(26)22-10(16(27)28)4-5-12(19)23/h9-11,29H,1-8,17-18H2,(H2,19,23)(H,20,25)(H,21,24)(H,22,26)(H,27,28). The highest BCUT2D eigenvalue weighted by Crippen LogP contribution is 2.00. The van der Waals surface area contributed by atoms with Crippen LogP contribution in [0.3, 0.4) is 0 Å². The number of nitrogens with one attached hydrogen (secondary N) is 3. The van der Waals surface area contributed by atoms with Crippen molar-refractivity contribution in [1.29, 1.82) is 0 Å². The zero-order valence-corrected chi connectivity index (χ0v) is 17.0. The van der Waals surface area contributed by atoms with E-state index >= 15 is 0 Å². The Morgan fingerprint density at radius 3 is 2.14 bits per heavy atom. The topological polar surface area (TPSA) is 220 Å². The third kappa shape index (κ3) is 11.9. The van der Waals surface area contributed by atoms with Crippen LogP contribution in [-0.2, 0) is 24.0 Å². The minimum atomic E-state index is -1.35. The molecule has 0 aliphatic rings. The molecule has 0 aromatic heterocycles. The molecule has 0 bridgehead atoms. The summed E-state index contributed by atoms with van der Waals surface area (Å²) in [5.74, 6) is -4.16. The molecular formula is C16H30N6O6S. The molecule has 0 rings (SSSR count). The molecule has 0 saturated heterocycles. The Morgan fingerprint density at radius 1 is 0.966 bits per heavy atom. The van der Waals surface area contributed by atoms with Crippen LogP contribution in [0.5, 0.6) is 0 Å². The number of primary amides is 1. The summed E-state index contributed by atoms with van der Waals surface area (Å²) in [6.07, 6.45) is 1.42. The van der Waals surface area contributed by atoms with E-state index in [4.69, 9.17) is 22.3 Å². The third-order valence-corrected chi connectivity index (χ3v) is 4.22. The van der Waals surface area contributed by atoms with Crippen LogP contribution in [0.2, 0.25) is 0 Å². The summed E-state index contributed by atoms with van der Waals surface area (Å²) < 4.78 is 0. The third-order valence-electron chi connectivity index (χ3n) is 3.86. The Morgan fingerprint density at radius 2 is 1.62 bits per heavy atom. The van der Waals surface area contributed by atoms with Crippen LogP contribution in [0.25, 0.3) is 0 Å². The Bertz CT molecular complexity index is 590. The van der Waals surface area contributed by atoms with Gasteiger partial charge in [-0.05, 0) is 25.8 Å². The van der Waals surface area contributed by atoms with Crippen LogP contribution in [0.4, 0.5) is 0 Å². The molecule has 0 aromatic rings. The van der Waals surface area contributed by atoms with Gasteiger partial charge < -0.3 is 38.3 Å². The zero-order valence-electron chi connectivity index (χ0n) is 16.1. The molecule has 0 aliphatic carbocycles. The van der Waals surface area contributed by atoms with Crippen LogP contribution in [0.1, 0.15) is 32.1 Å². The Hall–Kier alpha value is -2.38. The second-order valence-electron chi connectivity index (χ2n) is 6.32. The molecule has 0 saturated carbocycles. The van der Waals surface area contributed by atoms with Gasteiger partial charge in [0.05, 0.1) is 12.6 Å². The quantitative estimate of drug-likeness (QED) is 0.0966. The van der Waals surface area contributed by atoms with Gasteiger partial charge in [-0.2, -0.15) is 12.6 Å². The van der Waals surface area contributed by atoms with Gasteiger partial charge in [0.1, 0.15) is 12.1 Å². The number of aliphatic carboxylic acids is 1. The van der Waals surface area contributed by atoms with E-state index in [-0.39, 0.29) is 18.6 Å². The maximum absolute atomic E-state index is 12.2. The van der Waals surface area contributed by atoms with Gasteiger partial charge in [-0.3, -0.25) is 19.2 Å². The summed E-state index contributed by atoms with van der Waals surface area (Å²) in [6, 6.07) is -3.27. The van der Waals surface area contributed by atoms with Crippen LogP contribution in [0, 0.1) is 0 Å². The highest BCUT2D eigenvalue weighted by molar-refractivity contribution is 7.80. The first-order valence-corrected chi connectivity index (χ1v) is 9.70. The largest absolute Gasteiger partial charge is 0.480 e. The summed E-state index contributed by atoms with van der Waals surface area (Å²) in [7, 11) is 0. The van der Waals surface area contributed by atoms with E-state index in [1.165, 1.54) is 0 Å². The minimum absolute atomic E-state index is 0.119. The van der Waals surface area contributed by atoms with Crippen molar-refractivity contribution in [2.24, 2.45) is 17.2 Å². The predicted octanol–water partition coefficient (Wildman–Crippen LogP) is -3.19. The fourth-order valence-electron chi connectivity index (χ4n) is 2.19. The van der Waals surface area contributed by atoms with E-state index in [0.717, 1.165) is 6.42 Å². The predicted molar refractivity (Wildman–Crippen MR) is 108 cm³/mol. The molecule has 0 fully saturated rings. The summed E-state index contributed by atoms with van der Waals surface area (Å²) in [4.78, 5) is 58.0. The van der Waals surface area contributed by atoms with Crippen molar-refractivity contribution < 1.29 is 29.1 Å². The van der Waals surface area contributed by atoms with Gasteiger partial charge in [-0.1, -0.05) is 6.42 Å². The van der Waals surface area contributed by atoms with Crippen molar-refractivity contribution in [3.63, 3.8) is 0 Å². The van der Waals surface area contributed by atoms with E-state index in [1.807, 2.05) is 0 Å². The molecule has 0 aliphatic heterocycles. The average molecular weight is 435 g/mol. The number of thiol groups is 1. The molecule has 29 heavy (non-hydrogen) atoms. The van der Waals surface area contributed by atoms with Crippen molar-refractivity contribution in [1.82, 2.24) is 16.0 Å². The number of carboxylic acid groups (broad SMARTS) is 1. The van der Waals surface area contributed by atoms with E-state index in [2.05, 4.69) is 28.6 Å². The molecule has 4 amide bonds. The van der Waals surface area contributed by atoms with E-state index in [1.54, 1.807) is 0 Å². The zero-order chi connectivity index (χ0) is 22.4. The fraction of sp³-hybridized carbons (Fsp3) is 0.688. The number of carbonyl (C=O) groups excluding carboxylic acids is 4. The number of amides is 4. The summed E-state index contributed by atoms with van der Waals surface area (Å²) in [6.45, 7) is 0.0835. The first-order valence-electron chi connectivity index (χ1n) is 9.07. The van der Waals surface area contributed by atoms with Gasteiger partial charge in [-0.15, -0.1) is 0 Å². The SMILES string of the molecule is NCCCCC(N)C(=O)NCC(=O)NC(CS)C(=O)NC(CCC(N)=O)C(=O)O. The molecule has 3 atom stereocenters. The van der Waals surface area contributed by atoms with Crippen molar-refractivity contribution in [3.05, 3.63) is 0 Å². The van der Waals surface area contributed by atoms with E-state index in [0.29, 0.717) is 19.4 Å². The molecule has 0 aromatic carbocycles. The Balaban J connectivity index is 4.54. The second-order valence-corrected chi connectivity index (χ2v) is 6.68. The van der Waals surface area contributed by atoms with Crippen LogP contribution >= 0.6 is 12.6 Å². The van der Waals surface area contributed by atoms with Gasteiger partial charge in [0.25, 0.3) is 0 Å². The smallest absolute Gasteiger partial charge is 0.326 e. The van der Waals surface area contributed by atoms with Crippen LogP contribution in [0.15, 0.2) is 0 Å². The van der Waals surface area contributed by atoms with Crippen molar-refractivity contribution in [2.45, 2.75) is 50.2 Å². The van der Waals surface area contributed by atoms with Crippen molar-refractivity contribution >= 4 is 42.2 Å². The Kier molecular flexibility index (Phi) is 13.4. The maximum Gasteiger partial charge on any atom is 0.326 e. The molecule has 0 radical (unpaired) electrons. The molecule has 166 valence electrons. The monoisotopic (exact) mass is 434 g/mol. The number of hydrogen-bond donors (Lipinski definition) is 8. The lowest BCUT2D eigenvalue weighted by atomic mass is 10.1. The molecule has 0 spiro atoms. The van der Waals surface area contributed by atoms with E-state index < -0.39 is 54.3 Å². The Labute approximate surface area is 174 Å². The average Bonchev–Trinajstić information content (AvgIpc) is 2.66. The van der Waals surface area contributed by atoms with Crippen molar-refractivity contribution in [3.8, 4) is 0 Å². The molecule has 3 unspecified atom stereocenters. The molecule has 12 nitrogen and oxygen atoms in total. The molecular weight excluding hydrogens is 404 g/mol. The van der Waals surface area contributed by atoms with E-state index in [9.17, 15) is 24.0 Å². The number of hydrogen-bond acceptors (Lipinski definition) is 8. The lowest BCUT2D eigenvalue weighted by Gasteiger charge is -2.20. The normalized spacial score (nSPS) is 13.6. The van der Waals surface area contributed by atoms with Gasteiger partial charge in [-0.25, -0.2) is 4.79 Å². The number of carbonyl (C=O) groups is 5. The molecule has 10 N–H and O–H groups in total. The summed E-state index contributed by atoms with van der Waals surface area (Å²) in [5.41, 5.74) is 16.0. The second kappa shape index (κ2) is 14.6. The lowest BCUT2D eigenvalue weighted by Crippen LogP contribution is -2.54. The number of nitrogens with two attached hydrogens (primary N) is 3.